The Balaban J connectivity index is 1.78. The summed E-state index contributed by atoms with van der Waals surface area (Å²) in [6, 6.07) is 8.08. The Morgan fingerprint density at radius 3 is 2.37 bits per heavy atom. The molecule has 0 aliphatic carbocycles. The van der Waals surface area contributed by atoms with Gasteiger partial charge >= 0.3 is 0 Å². The van der Waals surface area contributed by atoms with E-state index >= 15 is 0 Å². The molecule has 1 aromatic carbocycles. The molecule has 0 spiro atoms. The third-order valence-corrected chi connectivity index (χ3v) is 4.01. The second kappa shape index (κ2) is 6.78. The summed E-state index contributed by atoms with van der Waals surface area (Å²) < 4.78 is 0. The summed E-state index contributed by atoms with van der Waals surface area (Å²) in [6.45, 7) is 10.3. The van der Waals surface area contributed by atoms with Crippen molar-refractivity contribution in [2.24, 2.45) is 0 Å². The maximum absolute atomic E-state index is 6.00. The first-order valence-corrected chi connectivity index (χ1v) is 7.21. The van der Waals surface area contributed by atoms with Crippen LogP contribution in [-0.4, -0.2) is 62.7 Å². The van der Waals surface area contributed by atoms with E-state index in [4.69, 9.17) is 5.73 Å². The number of hydrogen-bond donors (Lipinski definition) is 1. The van der Waals surface area contributed by atoms with Crippen molar-refractivity contribution < 1.29 is 0 Å². The molecule has 1 fully saturated rings. The molecule has 2 N–H and O–H groups in total. The van der Waals surface area contributed by atoms with Crippen LogP contribution in [0.5, 0.6) is 0 Å². The lowest BCUT2D eigenvalue weighted by atomic mass is 10.2. The van der Waals surface area contributed by atoms with Gasteiger partial charge in [0.1, 0.15) is 0 Å². The zero-order valence-corrected chi connectivity index (χ0v) is 12.2. The Hall–Kier alpha value is -1.26. The van der Waals surface area contributed by atoms with Crippen molar-refractivity contribution in [2.75, 3.05) is 63.5 Å². The first-order valence-electron chi connectivity index (χ1n) is 7.21. The highest BCUT2D eigenvalue weighted by molar-refractivity contribution is 5.66. The molecular weight excluding hydrogens is 236 g/mol. The molecule has 4 nitrogen and oxygen atoms in total. The lowest BCUT2D eigenvalue weighted by Crippen LogP contribution is -2.48. The van der Waals surface area contributed by atoms with E-state index in [1.54, 1.807) is 0 Å². The fraction of sp³-hybridized carbons (Fsp3) is 0.600. The molecule has 19 heavy (non-hydrogen) atoms. The molecule has 0 unspecified atom stereocenters. The van der Waals surface area contributed by atoms with Crippen LogP contribution in [0, 0.1) is 0 Å². The van der Waals surface area contributed by atoms with E-state index in [2.05, 4.69) is 34.7 Å². The molecule has 1 aliphatic heterocycles. The molecule has 0 aromatic heterocycles. The van der Waals surface area contributed by atoms with Crippen LogP contribution in [0.3, 0.4) is 0 Å². The highest BCUT2D eigenvalue weighted by Crippen LogP contribution is 2.20. The van der Waals surface area contributed by atoms with Gasteiger partial charge in [0, 0.05) is 46.3 Å². The van der Waals surface area contributed by atoms with Crippen LogP contribution in [-0.2, 0) is 0 Å². The van der Waals surface area contributed by atoms with E-state index in [0.717, 1.165) is 24.5 Å². The van der Waals surface area contributed by atoms with Gasteiger partial charge < -0.3 is 15.5 Å². The average Bonchev–Trinajstić information content (AvgIpc) is 2.46. The van der Waals surface area contributed by atoms with Crippen molar-refractivity contribution in [1.82, 2.24) is 9.80 Å². The van der Waals surface area contributed by atoms with Crippen LogP contribution in [0.1, 0.15) is 6.92 Å². The maximum atomic E-state index is 6.00. The zero-order chi connectivity index (χ0) is 13.7. The van der Waals surface area contributed by atoms with E-state index in [1.165, 1.54) is 32.7 Å². The quantitative estimate of drug-likeness (QED) is 0.813. The Bertz CT molecular complexity index is 385. The Kier molecular flexibility index (Phi) is 5.05. The predicted molar refractivity (Wildman–Crippen MR) is 82.7 cm³/mol. The van der Waals surface area contributed by atoms with Crippen molar-refractivity contribution in [3.8, 4) is 0 Å². The molecule has 0 bridgehead atoms. The minimum Gasteiger partial charge on any atom is -0.397 e. The van der Waals surface area contributed by atoms with Gasteiger partial charge in [0.2, 0.25) is 0 Å². The molecule has 1 aliphatic rings. The van der Waals surface area contributed by atoms with E-state index in [0.29, 0.717) is 0 Å². The molecule has 0 saturated carbocycles. The van der Waals surface area contributed by atoms with Crippen LogP contribution in [0.4, 0.5) is 11.4 Å². The molecule has 1 heterocycles. The van der Waals surface area contributed by atoms with E-state index in [9.17, 15) is 0 Å². The number of para-hydroxylation sites is 2. The number of likely N-dealkylation sites (N-methyl/N-ethyl adjacent to an activating group) is 2. The largest absolute Gasteiger partial charge is 0.397 e. The van der Waals surface area contributed by atoms with E-state index in [-0.39, 0.29) is 0 Å². The van der Waals surface area contributed by atoms with Gasteiger partial charge in [-0.05, 0) is 18.7 Å². The molecule has 1 saturated heterocycles. The van der Waals surface area contributed by atoms with Crippen molar-refractivity contribution in [3.63, 3.8) is 0 Å². The first-order chi connectivity index (χ1) is 9.20. The van der Waals surface area contributed by atoms with Gasteiger partial charge in [0.05, 0.1) is 11.4 Å². The standard InChI is InChI=1S/C15H26N4/c1-3-18-10-12-19(13-11-18)9-8-17(2)15-7-5-4-6-14(15)16/h4-7H,3,8-13,16H2,1-2H3. The Morgan fingerprint density at radius 2 is 1.74 bits per heavy atom. The zero-order valence-electron chi connectivity index (χ0n) is 12.2. The van der Waals surface area contributed by atoms with Gasteiger partial charge in [0.15, 0.2) is 0 Å². The van der Waals surface area contributed by atoms with Crippen molar-refractivity contribution in [3.05, 3.63) is 24.3 Å². The SMILES string of the molecule is CCN1CCN(CCN(C)c2ccccc2N)CC1. The number of anilines is 2. The molecule has 0 radical (unpaired) electrons. The topological polar surface area (TPSA) is 35.7 Å². The third-order valence-electron chi connectivity index (χ3n) is 4.01. The second-order valence-corrected chi connectivity index (χ2v) is 5.26. The summed E-state index contributed by atoms with van der Waals surface area (Å²) in [4.78, 5) is 7.30. The minimum atomic E-state index is 0.862. The van der Waals surface area contributed by atoms with Gasteiger partial charge in [0.25, 0.3) is 0 Å². The number of hydrogen-bond acceptors (Lipinski definition) is 4. The lowest BCUT2D eigenvalue weighted by Gasteiger charge is -2.35. The van der Waals surface area contributed by atoms with Gasteiger partial charge in [-0.2, -0.15) is 0 Å². The molecule has 0 atom stereocenters. The summed E-state index contributed by atoms with van der Waals surface area (Å²) in [7, 11) is 2.12. The van der Waals surface area contributed by atoms with E-state index in [1.807, 2.05) is 18.2 Å². The summed E-state index contributed by atoms with van der Waals surface area (Å²) in [5.74, 6) is 0. The number of nitrogen functional groups attached to an aromatic ring is 1. The molecule has 0 amide bonds. The second-order valence-electron chi connectivity index (χ2n) is 5.26. The number of nitrogens with zero attached hydrogens (tertiary/aromatic N) is 3. The normalized spacial score (nSPS) is 17.6. The van der Waals surface area contributed by atoms with Crippen LogP contribution in [0.25, 0.3) is 0 Å². The molecule has 1 aromatic rings. The first kappa shape index (κ1) is 14.2. The van der Waals surface area contributed by atoms with Gasteiger partial charge in [-0.25, -0.2) is 0 Å². The summed E-state index contributed by atoms with van der Waals surface area (Å²) in [5, 5.41) is 0. The molecule has 106 valence electrons. The van der Waals surface area contributed by atoms with Gasteiger partial charge in [-0.15, -0.1) is 0 Å². The fourth-order valence-electron chi connectivity index (χ4n) is 2.58. The highest BCUT2D eigenvalue weighted by Gasteiger charge is 2.15. The lowest BCUT2D eigenvalue weighted by molar-refractivity contribution is 0.140. The monoisotopic (exact) mass is 262 g/mol. The third kappa shape index (κ3) is 3.85. The number of rotatable bonds is 5. The van der Waals surface area contributed by atoms with Crippen molar-refractivity contribution in [2.45, 2.75) is 6.92 Å². The summed E-state index contributed by atoms with van der Waals surface area (Å²) >= 11 is 0. The minimum absolute atomic E-state index is 0.862. The Labute approximate surface area is 116 Å². The maximum Gasteiger partial charge on any atom is 0.0597 e. The van der Waals surface area contributed by atoms with Crippen LogP contribution < -0.4 is 10.6 Å². The predicted octanol–water partition coefficient (Wildman–Crippen LogP) is 1.34. The van der Waals surface area contributed by atoms with Gasteiger partial charge in [-0.3, -0.25) is 4.90 Å². The molecular formula is C15H26N4. The fourth-order valence-corrected chi connectivity index (χ4v) is 2.58. The van der Waals surface area contributed by atoms with E-state index < -0.39 is 0 Å². The average molecular weight is 262 g/mol. The number of benzene rings is 1. The van der Waals surface area contributed by atoms with Crippen LogP contribution in [0.15, 0.2) is 24.3 Å². The van der Waals surface area contributed by atoms with Crippen LogP contribution in [0.2, 0.25) is 0 Å². The Morgan fingerprint density at radius 1 is 1.11 bits per heavy atom. The summed E-state index contributed by atoms with van der Waals surface area (Å²) in [5.41, 5.74) is 8.00. The molecule has 2 rings (SSSR count). The number of nitrogens with two attached hydrogens (primary N) is 1. The van der Waals surface area contributed by atoms with Crippen molar-refractivity contribution in [1.29, 1.82) is 0 Å². The molecule has 4 heteroatoms. The summed E-state index contributed by atoms with van der Waals surface area (Å²) in [6.07, 6.45) is 0. The van der Waals surface area contributed by atoms with Crippen LogP contribution >= 0.6 is 0 Å². The smallest absolute Gasteiger partial charge is 0.0597 e. The van der Waals surface area contributed by atoms with Crippen molar-refractivity contribution >= 4 is 11.4 Å². The van der Waals surface area contributed by atoms with Gasteiger partial charge in [-0.1, -0.05) is 19.1 Å². The highest BCUT2D eigenvalue weighted by atomic mass is 15.3. The number of piperazine rings is 1.